The molecule has 2 nitrogen and oxygen atoms in total. The van der Waals surface area contributed by atoms with Crippen LogP contribution in [0.1, 0.15) is 58.8 Å². The Balaban J connectivity index is 1.88. The minimum Gasteiger partial charge on any atom is -0.390 e. The number of hydrogen-bond donors (Lipinski definition) is 1. The molecule has 2 unspecified atom stereocenters. The zero-order valence-corrected chi connectivity index (χ0v) is 9.59. The quantitative estimate of drug-likeness (QED) is 0.482. The van der Waals surface area contributed by atoms with Gasteiger partial charge in [-0.2, -0.15) is 0 Å². The van der Waals surface area contributed by atoms with Crippen molar-refractivity contribution in [2.24, 2.45) is 0 Å². The molecular weight excluding hydrogens is 176 g/mol. The van der Waals surface area contributed by atoms with Crippen molar-refractivity contribution in [3.8, 4) is 0 Å². The van der Waals surface area contributed by atoms with Crippen molar-refractivity contribution < 1.29 is 9.84 Å². The summed E-state index contributed by atoms with van der Waals surface area (Å²) >= 11 is 0. The van der Waals surface area contributed by atoms with Crippen LogP contribution in [0, 0.1) is 0 Å². The van der Waals surface area contributed by atoms with E-state index in [1.165, 1.54) is 32.1 Å². The third-order valence-corrected chi connectivity index (χ3v) is 3.14. The fourth-order valence-electron chi connectivity index (χ4n) is 1.73. The van der Waals surface area contributed by atoms with Crippen LogP contribution in [-0.4, -0.2) is 23.4 Å². The summed E-state index contributed by atoms with van der Waals surface area (Å²) < 4.78 is 5.20. The Morgan fingerprint density at radius 1 is 1.21 bits per heavy atom. The van der Waals surface area contributed by atoms with Gasteiger partial charge in [0.05, 0.1) is 12.7 Å². The molecule has 0 spiro atoms. The van der Waals surface area contributed by atoms with Gasteiger partial charge in [0, 0.05) is 0 Å². The fourth-order valence-corrected chi connectivity index (χ4v) is 1.73. The number of hydrogen-bond acceptors (Lipinski definition) is 2. The maximum atomic E-state index is 9.73. The molecule has 14 heavy (non-hydrogen) atoms. The lowest BCUT2D eigenvalue weighted by atomic mass is 9.99. The summed E-state index contributed by atoms with van der Waals surface area (Å²) in [4.78, 5) is 0. The lowest BCUT2D eigenvalue weighted by Gasteiger charge is -2.13. The molecule has 0 aromatic rings. The van der Waals surface area contributed by atoms with Gasteiger partial charge in [-0.05, 0) is 13.3 Å². The maximum absolute atomic E-state index is 9.73. The van der Waals surface area contributed by atoms with Gasteiger partial charge in [-0.3, -0.25) is 0 Å². The highest BCUT2D eigenvalue weighted by Crippen LogP contribution is 2.32. The van der Waals surface area contributed by atoms with Crippen LogP contribution >= 0.6 is 0 Å². The summed E-state index contributed by atoms with van der Waals surface area (Å²) in [5, 5.41) is 9.73. The molecule has 0 aromatic carbocycles. The van der Waals surface area contributed by atoms with E-state index in [1.807, 2.05) is 6.92 Å². The van der Waals surface area contributed by atoms with E-state index >= 15 is 0 Å². The number of rotatable bonds is 8. The Bertz CT molecular complexity index is 152. The minimum atomic E-state index is -0.242. The third-order valence-electron chi connectivity index (χ3n) is 3.14. The molecule has 1 N–H and O–H groups in total. The predicted molar refractivity (Wildman–Crippen MR) is 58.4 cm³/mol. The normalized spacial score (nSPS) is 27.6. The number of ether oxygens (including phenoxy) is 1. The Labute approximate surface area is 87.7 Å². The number of aliphatic hydroxyl groups is 1. The van der Waals surface area contributed by atoms with E-state index in [4.69, 9.17) is 4.74 Å². The van der Waals surface area contributed by atoms with Gasteiger partial charge in [0.1, 0.15) is 5.60 Å². The topological polar surface area (TPSA) is 32.8 Å². The standard InChI is InChI=1S/C12H24O2/c1-3-4-5-6-7-8-9-11(13)12(2)10-14-12/h11,13H,3-10H2,1-2H3. The largest absolute Gasteiger partial charge is 0.390 e. The molecule has 1 saturated heterocycles. The molecule has 2 heteroatoms. The first-order chi connectivity index (χ1) is 6.69. The van der Waals surface area contributed by atoms with E-state index in [2.05, 4.69) is 6.92 Å². The van der Waals surface area contributed by atoms with E-state index in [-0.39, 0.29) is 11.7 Å². The minimum absolute atomic E-state index is 0.191. The van der Waals surface area contributed by atoms with E-state index in [9.17, 15) is 5.11 Å². The Hall–Kier alpha value is -0.0800. The molecule has 0 saturated carbocycles. The van der Waals surface area contributed by atoms with E-state index in [1.54, 1.807) is 0 Å². The molecule has 2 atom stereocenters. The summed E-state index contributed by atoms with van der Waals surface area (Å²) in [5.74, 6) is 0. The van der Waals surface area contributed by atoms with Gasteiger partial charge in [-0.25, -0.2) is 0 Å². The van der Waals surface area contributed by atoms with Crippen molar-refractivity contribution in [2.45, 2.75) is 70.5 Å². The maximum Gasteiger partial charge on any atom is 0.115 e. The predicted octanol–water partition coefficient (Wildman–Crippen LogP) is 2.89. The van der Waals surface area contributed by atoms with Crippen LogP contribution in [0.5, 0.6) is 0 Å². The summed E-state index contributed by atoms with van der Waals surface area (Å²) in [6.07, 6.45) is 8.38. The molecular formula is C12H24O2. The number of unbranched alkanes of at least 4 members (excludes halogenated alkanes) is 5. The molecule has 1 rings (SSSR count). The molecule has 84 valence electrons. The lowest BCUT2D eigenvalue weighted by Crippen LogP contribution is -2.26. The van der Waals surface area contributed by atoms with Crippen LogP contribution in [0.15, 0.2) is 0 Å². The Kier molecular flexibility index (Phi) is 4.90. The smallest absolute Gasteiger partial charge is 0.115 e. The summed E-state index contributed by atoms with van der Waals surface area (Å²) in [7, 11) is 0. The van der Waals surface area contributed by atoms with E-state index in [0.717, 1.165) is 19.4 Å². The van der Waals surface area contributed by atoms with Gasteiger partial charge in [0.25, 0.3) is 0 Å². The summed E-state index contributed by atoms with van der Waals surface area (Å²) in [5.41, 5.74) is -0.191. The first-order valence-electron chi connectivity index (χ1n) is 6.01. The second-order valence-corrected chi connectivity index (χ2v) is 4.67. The van der Waals surface area contributed by atoms with Gasteiger partial charge < -0.3 is 9.84 Å². The molecule has 0 amide bonds. The molecule has 0 aromatic heterocycles. The van der Waals surface area contributed by atoms with Crippen molar-refractivity contribution in [3.05, 3.63) is 0 Å². The zero-order valence-electron chi connectivity index (χ0n) is 9.59. The Morgan fingerprint density at radius 2 is 1.79 bits per heavy atom. The lowest BCUT2D eigenvalue weighted by molar-refractivity contribution is 0.0751. The van der Waals surface area contributed by atoms with Crippen LogP contribution in [0.2, 0.25) is 0 Å². The summed E-state index contributed by atoms with van der Waals surface area (Å²) in [6, 6.07) is 0. The molecule has 1 fully saturated rings. The highest BCUT2D eigenvalue weighted by atomic mass is 16.6. The third kappa shape index (κ3) is 3.97. The van der Waals surface area contributed by atoms with Crippen LogP contribution in [-0.2, 0) is 4.74 Å². The molecule has 1 aliphatic heterocycles. The van der Waals surface area contributed by atoms with Crippen LogP contribution < -0.4 is 0 Å². The highest BCUT2D eigenvalue weighted by Gasteiger charge is 2.45. The van der Waals surface area contributed by atoms with Crippen LogP contribution in [0.25, 0.3) is 0 Å². The van der Waals surface area contributed by atoms with E-state index in [0.29, 0.717) is 0 Å². The Morgan fingerprint density at radius 3 is 2.36 bits per heavy atom. The number of aliphatic hydroxyl groups excluding tert-OH is 1. The average Bonchev–Trinajstić information content (AvgIpc) is 2.91. The van der Waals surface area contributed by atoms with Crippen molar-refractivity contribution >= 4 is 0 Å². The van der Waals surface area contributed by atoms with Crippen LogP contribution in [0.3, 0.4) is 0 Å². The van der Waals surface area contributed by atoms with Gasteiger partial charge in [-0.1, -0.05) is 45.4 Å². The molecule has 1 heterocycles. The monoisotopic (exact) mass is 200 g/mol. The highest BCUT2D eigenvalue weighted by molar-refractivity contribution is 4.93. The number of epoxide rings is 1. The molecule has 0 bridgehead atoms. The molecule has 0 radical (unpaired) electrons. The molecule has 0 aliphatic carbocycles. The fraction of sp³-hybridized carbons (Fsp3) is 1.00. The SMILES string of the molecule is CCCCCCCCC(O)C1(C)CO1. The van der Waals surface area contributed by atoms with Crippen molar-refractivity contribution in [2.75, 3.05) is 6.61 Å². The van der Waals surface area contributed by atoms with Crippen LogP contribution in [0.4, 0.5) is 0 Å². The van der Waals surface area contributed by atoms with Gasteiger partial charge in [-0.15, -0.1) is 0 Å². The summed E-state index contributed by atoms with van der Waals surface area (Å²) in [6.45, 7) is 4.97. The average molecular weight is 200 g/mol. The second-order valence-electron chi connectivity index (χ2n) is 4.67. The van der Waals surface area contributed by atoms with Crippen molar-refractivity contribution in [1.82, 2.24) is 0 Å². The second kappa shape index (κ2) is 5.72. The van der Waals surface area contributed by atoms with Gasteiger partial charge in [0.15, 0.2) is 0 Å². The van der Waals surface area contributed by atoms with E-state index < -0.39 is 0 Å². The van der Waals surface area contributed by atoms with Crippen molar-refractivity contribution in [1.29, 1.82) is 0 Å². The first kappa shape index (κ1) is 12.0. The van der Waals surface area contributed by atoms with Gasteiger partial charge in [0.2, 0.25) is 0 Å². The molecule has 1 aliphatic rings. The first-order valence-corrected chi connectivity index (χ1v) is 6.01. The van der Waals surface area contributed by atoms with Crippen molar-refractivity contribution in [3.63, 3.8) is 0 Å². The zero-order chi connectivity index (χ0) is 10.4. The van der Waals surface area contributed by atoms with Gasteiger partial charge >= 0.3 is 0 Å².